The minimum atomic E-state index is -5.17. The summed E-state index contributed by atoms with van der Waals surface area (Å²) in [6.45, 7) is 4.54. The number of nitrogens with one attached hydrogen (secondary N) is 3. The van der Waals surface area contributed by atoms with E-state index in [0.717, 1.165) is 30.6 Å². The van der Waals surface area contributed by atoms with E-state index in [4.69, 9.17) is 0 Å². The number of amides is 4. The second kappa shape index (κ2) is 9.90. The van der Waals surface area contributed by atoms with E-state index in [1.807, 2.05) is 6.07 Å². The van der Waals surface area contributed by atoms with Crippen LogP contribution in [0.5, 0.6) is 0 Å². The number of carbonyl (C=O) groups is 4. The van der Waals surface area contributed by atoms with Gasteiger partial charge in [0.2, 0.25) is 17.7 Å². The normalized spacial score (nSPS) is 23.2. The molecule has 36 heavy (non-hydrogen) atoms. The lowest BCUT2D eigenvalue weighted by Crippen LogP contribution is -2.60. The molecule has 0 bridgehead atoms. The lowest BCUT2D eigenvalue weighted by atomic mass is 9.85. The Morgan fingerprint density at radius 3 is 2.22 bits per heavy atom. The minimum absolute atomic E-state index is 0.135. The first-order chi connectivity index (χ1) is 16.6. The third kappa shape index (κ3) is 6.68. The number of halogens is 3. The molecule has 0 aromatic heterocycles. The molecule has 1 saturated heterocycles. The lowest BCUT2D eigenvalue weighted by molar-refractivity contribution is -0.176. The van der Waals surface area contributed by atoms with Gasteiger partial charge in [-0.25, -0.2) is 0 Å². The monoisotopic (exact) mass is 513 g/mol. The number of carbonyl (C=O) groups excluding carboxylic acids is 4. The second-order valence-corrected chi connectivity index (χ2v) is 11.5. The highest BCUT2D eigenvalue weighted by Gasteiger charge is 2.52. The Kier molecular flexibility index (Phi) is 7.63. The fourth-order valence-electron chi connectivity index (χ4n) is 4.67. The van der Waals surface area contributed by atoms with Gasteiger partial charge in [-0.05, 0) is 43.4 Å². The van der Waals surface area contributed by atoms with Crippen molar-refractivity contribution in [2.24, 2.45) is 17.3 Å². The van der Waals surface area contributed by atoms with Crippen molar-refractivity contribution >= 4 is 23.6 Å². The molecule has 1 heterocycles. The van der Waals surface area contributed by atoms with Crippen molar-refractivity contribution in [2.75, 3.05) is 7.05 Å². The highest BCUT2D eigenvalue weighted by Crippen LogP contribution is 2.46. The summed E-state index contributed by atoms with van der Waals surface area (Å²) < 4.78 is 38.7. The van der Waals surface area contributed by atoms with Crippen molar-refractivity contribution in [3.63, 3.8) is 0 Å². The summed E-state index contributed by atoms with van der Waals surface area (Å²) >= 11 is 0. The fraction of sp³-hybridized carbons (Fsp3) is 0.792. The van der Waals surface area contributed by atoms with Crippen molar-refractivity contribution in [3.05, 3.63) is 0 Å². The quantitative estimate of drug-likeness (QED) is 0.433. The Bertz CT molecular complexity index is 947. The van der Waals surface area contributed by atoms with Crippen molar-refractivity contribution in [1.82, 2.24) is 20.9 Å². The molecule has 1 unspecified atom stereocenters. The van der Waals surface area contributed by atoms with E-state index < -0.39 is 53.4 Å². The van der Waals surface area contributed by atoms with Crippen molar-refractivity contribution in [1.29, 1.82) is 5.26 Å². The molecule has 12 heteroatoms. The van der Waals surface area contributed by atoms with Crippen molar-refractivity contribution in [3.8, 4) is 6.07 Å². The Labute approximate surface area is 208 Å². The lowest BCUT2D eigenvalue weighted by Gasteiger charge is -2.36. The molecule has 3 fully saturated rings. The van der Waals surface area contributed by atoms with Gasteiger partial charge in [0, 0.05) is 18.5 Å². The van der Waals surface area contributed by atoms with E-state index in [2.05, 4.69) is 10.6 Å². The van der Waals surface area contributed by atoms with E-state index >= 15 is 0 Å². The van der Waals surface area contributed by atoms with E-state index in [0.29, 0.717) is 6.42 Å². The van der Waals surface area contributed by atoms with Gasteiger partial charge in [0.05, 0.1) is 6.07 Å². The summed E-state index contributed by atoms with van der Waals surface area (Å²) in [6, 6.07) is -1.52. The number of rotatable bonds is 9. The van der Waals surface area contributed by atoms with Crippen LogP contribution in [0.1, 0.15) is 65.7 Å². The molecule has 3 rings (SSSR count). The first-order valence-corrected chi connectivity index (χ1v) is 12.2. The van der Waals surface area contributed by atoms with Crippen molar-refractivity contribution < 1.29 is 32.3 Å². The zero-order chi connectivity index (χ0) is 27.1. The summed E-state index contributed by atoms with van der Waals surface area (Å²) in [4.78, 5) is 51.5. The van der Waals surface area contributed by atoms with Gasteiger partial charge in [0.15, 0.2) is 0 Å². The topological polar surface area (TPSA) is 131 Å². The summed E-state index contributed by atoms with van der Waals surface area (Å²) in [5.74, 6) is -4.05. The Hall–Kier alpha value is -2.84. The number of nitrogens with zero attached hydrogens (tertiary/aromatic N) is 2. The smallest absolute Gasteiger partial charge is 0.350 e. The van der Waals surface area contributed by atoms with Crippen molar-refractivity contribution in [2.45, 2.75) is 95.6 Å². The van der Waals surface area contributed by atoms with Crippen LogP contribution in [0.3, 0.4) is 0 Å². The van der Waals surface area contributed by atoms with Crippen LogP contribution in [0.2, 0.25) is 0 Å². The number of hydrogen-bond acceptors (Lipinski definition) is 5. The molecular formula is C24H34F3N5O4. The molecule has 0 aromatic carbocycles. The van der Waals surface area contributed by atoms with E-state index in [1.165, 1.54) is 27.8 Å². The molecular weight excluding hydrogens is 479 g/mol. The van der Waals surface area contributed by atoms with Gasteiger partial charge in [0.25, 0.3) is 0 Å². The fourth-order valence-corrected chi connectivity index (χ4v) is 4.67. The van der Waals surface area contributed by atoms with Crippen LogP contribution >= 0.6 is 0 Å². The van der Waals surface area contributed by atoms with E-state index in [-0.39, 0.29) is 30.2 Å². The zero-order valence-corrected chi connectivity index (χ0v) is 21.0. The molecule has 1 aliphatic heterocycles. The molecule has 9 nitrogen and oxygen atoms in total. The van der Waals surface area contributed by atoms with Crippen LogP contribution in [0.15, 0.2) is 0 Å². The highest BCUT2D eigenvalue weighted by molar-refractivity contribution is 5.93. The first kappa shape index (κ1) is 27.7. The van der Waals surface area contributed by atoms with E-state index in [9.17, 15) is 37.6 Å². The average molecular weight is 514 g/mol. The summed E-state index contributed by atoms with van der Waals surface area (Å²) in [5, 5.41) is 17.0. The van der Waals surface area contributed by atoms with Gasteiger partial charge in [-0.15, -0.1) is 0 Å². The predicted octanol–water partition coefficient (Wildman–Crippen LogP) is 1.77. The molecule has 4 atom stereocenters. The van der Waals surface area contributed by atoms with Gasteiger partial charge in [-0.1, -0.05) is 33.6 Å². The maximum absolute atomic E-state index is 13.3. The largest absolute Gasteiger partial charge is 0.471 e. The molecule has 2 aliphatic carbocycles. The van der Waals surface area contributed by atoms with Crippen LogP contribution in [0, 0.1) is 28.6 Å². The van der Waals surface area contributed by atoms with Crippen LogP contribution in [-0.2, 0) is 19.2 Å². The predicted molar refractivity (Wildman–Crippen MR) is 122 cm³/mol. The molecule has 2 saturated carbocycles. The van der Waals surface area contributed by atoms with Crippen LogP contribution in [-0.4, -0.2) is 65.4 Å². The average Bonchev–Trinajstić information content (AvgIpc) is 3.68. The molecule has 4 amide bonds. The Morgan fingerprint density at radius 1 is 1.17 bits per heavy atom. The van der Waals surface area contributed by atoms with Gasteiger partial charge in [-0.3, -0.25) is 19.2 Å². The summed E-state index contributed by atoms with van der Waals surface area (Å²) in [7, 11) is 1.32. The number of likely N-dealkylation sites (N-methyl/N-ethyl adjacent to an activating group) is 1. The number of alkyl halides is 3. The minimum Gasteiger partial charge on any atom is -0.350 e. The zero-order valence-electron chi connectivity index (χ0n) is 21.0. The highest BCUT2D eigenvalue weighted by atomic mass is 19.4. The van der Waals surface area contributed by atoms with Gasteiger partial charge in [0.1, 0.15) is 18.1 Å². The van der Waals surface area contributed by atoms with Gasteiger partial charge < -0.3 is 20.9 Å². The first-order valence-electron chi connectivity index (χ1n) is 12.2. The maximum Gasteiger partial charge on any atom is 0.471 e. The molecule has 200 valence electrons. The van der Waals surface area contributed by atoms with Gasteiger partial charge in [-0.2, -0.15) is 18.4 Å². The molecule has 0 aromatic rings. The Balaban J connectivity index is 1.72. The summed E-state index contributed by atoms with van der Waals surface area (Å²) in [5.41, 5.74) is -1.24. The van der Waals surface area contributed by atoms with Crippen LogP contribution in [0.4, 0.5) is 13.2 Å². The molecule has 3 aliphatic rings. The Morgan fingerprint density at radius 2 is 1.78 bits per heavy atom. The van der Waals surface area contributed by atoms with E-state index in [1.54, 1.807) is 5.32 Å². The molecule has 0 radical (unpaired) electrons. The second-order valence-electron chi connectivity index (χ2n) is 11.5. The van der Waals surface area contributed by atoms with Gasteiger partial charge >= 0.3 is 12.1 Å². The number of nitriles is 1. The van der Waals surface area contributed by atoms with Crippen LogP contribution in [0.25, 0.3) is 0 Å². The molecule has 1 spiro atoms. The van der Waals surface area contributed by atoms with Crippen LogP contribution < -0.4 is 16.0 Å². The number of hydrogen-bond donors (Lipinski definition) is 3. The summed E-state index contributed by atoms with van der Waals surface area (Å²) in [6.07, 6.45) is -0.644. The SMILES string of the molecule is CN(C(=O)C(NC(=O)C(F)(F)F)C(C)(C)C)[C@@H](CC1CC1)C(=O)N[C@H](C#N)C[C@@H]1CC2(CC2)NC1=O. The molecule has 3 N–H and O–H groups in total. The third-order valence-electron chi connectivity index (χ3n) is 7.26. The third-order valence-corrected chi connectivity index (χ3v) is 7.26. The maximum atomic E-state index is 13.3. The standard InChI is InChI=1S/C24H34F3N5O4/c1-22(2,3)17(30-21(36)24(25,26)27)20(35)32(4)16(9-13-5-6-13)19(34)29-15(12-28)10-14-11-23(7-8-23)31-18(14)33/h13-17H,5-11H2,1-4H3,(H,29,34)(H,30,36)(H,31,33)/t14-,15+,16+,17?/m1/s1.